The Kier molecular flexibility index (Phi) is 5.10. The normalized spacial score (nSPS) is 18.3. The summed E-state index contributed by atoms with van der Waals surface area (Å²) in [5.41, 5.74) is 4.35. The Labute approximate surface area is 159 Å². The van der Waals surface area contributed by atoms with Gasteiger partial charge in [0.2, 0.25) is 5.91 Å². The van der Waals surface area contributed by atoms with Crippen LogP contribution in [0, 0.1) is 0 Å². The number of fused-ring (bicyclic) bond motifs is 2. The number of nitrogens with zero attached hydrogens (tertiary/aromatic N) is 1. The Morgan fingerprint density at radius 3 is 2.78 bits per heavy atom. The number of hydrogen-bond acceptors (Lipinski definition) is 3. The minimum atomic E-state index is -0.483. The minimum absolute atomic E-state index is 0.100. The van der Waals surface area contributed by atoms with Crippen molar-refractivity contribution >= 4 is 17.5 Å². The SMILES string of the molecule is O=C1N[C@@H](C(=O)NCCCN2CCCc3ccccc32)Cc2ccccc21. The number of anilines is 1. The Morgan fingerprint density at radius 2 is 1.89 bits per heavy atom. The van der Waals surface area contributed by atoms with Gasteiger partial charge in [-0.05, 0) is 42.5 Å². The molecule has 0 aliphatic carbocycles. The van der Waals surface area contributed by atoms with Gasteiger partial charge in [-0.3, -0.25) is 9.59 Å². The van der Waals surface area contributed by atoms with E-state index >= 15 is 0 Å². The van der Waals surface area contributed by atoms with Crippen LogP contribution >= 0.6 is 0 Å². The van der Waals surface area contributed by atoms with Gasteiger partial charge in [-0.25, -0.2) is 0 Å². The molecule has 2 amide bonds. The molecule has 4 rings (SSSR count). The molecule has 0 unspecified atom stereocenters. The monoisotopic (exact) mass is 363 g/mol. The van der Waals surface area contributed by atoms with Gasteiger partial charge in [-0.1, -0.05) is 36.4 Å². The molecule has 2 heterocycles. The maximum absolute atomic E-state index is 12.5. The zero-order chi connectivity index (χ0) is 18.6. The molecule has 2 N–H and O–H groups in total. The van der Waals surface area contributed by atoms with Gasteiger partial charge in [0.25, 0.3) is 5.91 Å². The molecule has 0 fully saturated rings. The third kappa shape index (κ3) is 3.82. The van der Waals surface area contributed by atoms with Crippen LogP contribution in [0.4, 0.5) is 5.69 Å². The van der Waals surface area contributed by atoms with E-state index in [1.807, 2.05) is 18.2 Å². The molecule has 2 aromatic carbocycles. The van der Waals surface area contributed by atoms with Crippen molar-refractivity contribution in [3.63, 3.8) is 0 Å². The Morgan fingerprint density at radius 1 is 1.11 bits per heavy atom. The predicted octanol–water partition coefficient (Wildman–Crippen LogP) is 2.30. The third-order valence-electron chi connectivity index (χ3n) is 5.42. The van der Waals surface area contributed by atoms with E-state index in [0.29, 0.717) is 18.5 Å². The average molecular weight is 363 g/mol. The lowest BCUT2D eigenvalue weighted by atomic mass is 9.95. The summed E-state index contributed by atoms with van der Waals surface area (Å²) < 4.78 is 0. The van der Waals surface area contributed by atoms with Crippen LogP contribution in [0.15, 0.2) is 48.5 Å². The number of amides is 2. The van der Waals surface area contributed by atoms with Crippen molar-refractivity contribution in [1.29, 1.82) is 0 Å². The fraction of sp³-hybridized carbons (Fsp3) is 0.364. The van der Waals surface area contributed by atoms with Crippen molar-refractivity contribution in [2.45, 2.75) is 31.7 Å². The zero-order valence-electron chi connectivity index (χ0n) is 15.4. The molecule has 0 radical (unpaired) electrons. The van der Waals surface area contributed by atoms with Crippen LogP contribution in [0.3, 0.4) is 0 Å². The molecule has 1 atom stereocenters. The molecule has 27 heavy (non-hydrogen) atoms. The van der Waals surface area contributed by atoms with E-state index in [-0.39, 0.29) is 11.8 Å². The van der Waals surface area contributed by atoms with Crippen LogP contribution < -0.4 is 15.5 Å². The molecule has 2 aliphatic heterocycles. The molecule has 140 valence electrons. The number of para-hydroxylation sites is 1. The first-order valence-electron chi connectivity index (χ1n) is 9.72. The number of nitrogens with one attached hydrogen (secondary N) is 2. The smallest absolute Gasteiger partial charge is 0.252 e. The van der Waals surface area contributed by atoms with Crippen LogP contribution in [-0.2, 0) is 17.6 Å². The molecule has 5 heteroatoms. The average Bonchev–Trinajstić information content (AvgIpc) is 2.71. The number of carbonyl (C=O) groups is 2. The van der Waals surface area contributed by atoms with Crippen LogP contribution in [0.1, 0.15) is 34.3 Å². The van der Waals surface area contributed by atoms with Gasteiger partial charge in [-0.15, -0.1) is 0 Å². The first kappa shape index (κ1) is 17.6. The number of aryl methyl sites for hydroxylation is 1. The van der Waals surface area contributed by atoms with Crippen molar-refractivity contribution in [3.8, 4) is 0 Å². The van der Waals surface area contributed by atoms with Gasteiger partial charge in [0, 0.05) is 37.3 Å². The summed E-state index contributed by atoms with van der Waals surface area (Å²) >= 11 is 0. The summed E-state index contributed by atoms with van der Waals surface area (Å²) in [5, 5.41) is 5.80. The number of carbonyl (C=O) groups excluding carboxylic acids is 2. The number of benzene rings is 2. The van der Waals surface area contributed by atoms with Gasteiger partial charge in [0.15, 0.2) is 0 Å². The second-order valence-electron chi connectivity index (χ2n) is 7.25. The van der Waals surface area contributed by atoms with E-state index in [2.05, 4.69) is 39.8 Å². The molecule has 0 bridgehead atoms. The van der Waals surface area contributed by atoms with Crippen LogP contribution in [0.25, 0.3) is 0 Å². The Hall–Kier alpha value is -2.82. The molecule has 0 saturated heterocycles. The minimum Gasteiger partial charge on any atom is -0.371 e. The van der Waals surface area contributed by atoms with E-state index < -0.39 is 6.04 Å². The molecule has 0 spiro atoms. The second-order valence-corrected chi connectivity index (χ2v) is 7.25. The standard InChI is InChI=1S/C22H25N3O2/c26-21-18-10-3-1-8-17(18)15-19(24-21)22(27)23-12-6-14-25-13-5-9-16-7-2-4-11-20(16)25/h1-4,7-8,10-11,19H,5-6,9,12-15H2,(H,23,27)(H,24,26)/t19-/m1/s1. The van der Waals surface area contributed by atoms with Gasteiger partial charge < -0.3 is 15.5 Å². The second kappa shape index (κ2) is 7.82. The van der Waals surface area contributed by atoms with Crippen molar-refractivity contribution < 1.29 is 9.59 Å². The van der Waals surface area contributed by atoms with E-state index in [9.17, 15) is 9.59 Å². The first-order chi connectivity index (χ1) is 13.2. The summed E-state index contributed by atoms with van der Waals surface area (Å²) in [7, 11) is 0. The maximum atomic E-state index is 12.5. The van der Waals surface area contributed by atoms with Crippen molar-refractivity contribution in [2.24, 2.45) is 0 Å². The van der Waals surface area contributed by atoms with E-state index in [1.165, 1.54) is 17.7 Å². The van der Waals surface area contributed by atoms with Gasteiger partial charge >= 0.3 is 0 Å². The fourth-order valence-corrected chi connectivity index (χ4v) is 4.03. The van der Waals surface area contributed by atoms with E-state index in [0.717, 1.165) is 31.5 Å². The molecular formula is C22H25N3O2. The number of rotatable bonds is 5. The largest absolute Gasteiger partial charge is 0.371 e. The highest BCUT2D eigenvalue weighted by atomic mass is 16.2. The predicted molar refractivity (Wildman–Crippen MR) is 106 cm³/mol. The molecule has 0 aromatic heterocycles. The van der Waals surface area contributed by atoms with Gasteiger partial charge in [0.1, 0.15) is 6.04 Å². The van der Waals surface area contributed by atoms with Crippen LogP contribution in [0.5, 0.6) is 0 Å². The van der Waals surface area contributed by atoms with Crippen molar-refractivity contribution in [2.75, 3.05) is 24.5 Å². The quantitative estimate of drug-likeness (QED) is 0.802. The summed E-state index contributed by atoms with van der Waals surface area (Å²) in [6.07, 6.45) is 3.76. The Bertz CT molecular complexity index is 849. The first-order valence-corrected chi connectivity index (χ1v) is 9.72. The van der Waals surface area contributed by atoms with Crippen molar-refractivity contribution in [3.05, 3.63) is 65.2 Å². The van der Waals surface area contributed by atoms with Gasteiger partial charge in [-0.2, -0.15) is 0 Å². The summed E-state index contributed by atoms with van der Waals surface area (Å²) in [4.78, 5) is 27.0. The molecule has 0 saturated carbocycles. The highest BCUT2D eigenvalue weighted by Gasteiger charge is 2.28. The van der Waals surface area contributed by atoms with Gasteiger partial charge in [0.05, 0.1) is 0 Å². The van der Waals surface area contributed by atoms with E-state index in [4.69, 9.17) is 0 Å². The van der Waals surface area contributed by atoms with Crippen LogP contribution in [-0.4, -0.2) is 37.5 Å². The molecule has 2 aliphatic rings. The molecular weight excluding hydrogens is 338 g/mol. The van der Waals surface area contributed by atoms with Crippen LogP contribution in [0.2, 0.25) is 0 Å². The molecule has 2 aromatic rings. The lowest BCUT2D eigenvalue weighted by Crippen LogP contribution is -2.51. The molecule has 5 nitrogen and oxygen atoms in total. The summed E-state index contributed by atoms with van der Waals surface area (Å²) in [5.74, 6) is -0.265. The summed E-state index contributed by atoms with van der Waals surface area (Å²) in [6.45, 7) is 2.61. The maximum Gasteiger partial charge on any atom is 0.252 e. The number of hydrogen-bond donors (Lipinski definition) is 2. The Balaban J connectivity index is 1.27. The van der Waals surface area contributed by atoms with Crippen molar-refractivity contribution in [1.82, 2.24) is 10.6 Å². The highest BCUT2D eigenvalue weighted by molar-refractivity contribution is 6.00. The lowest BCUT2D eigenvalue weighted by Gasteiger charge is -2.31. The van der Waals surface area contributed by atoms with E-state index in [1.54, 1.807) is 6.07 Å². The topological polar surface area (TPSA) is 61.4 Å². The summed E-state index contributed by atoms with van der Waals surface area (Å²) in [6, 6.07) is 15.6. The zero-order valence-corrected chi connectivity index (χ0v) is 15.4. The highest BCUT2D eigenvalue weighted by Crippen LogP contribution is 2.26. The lowest BCUT2D eigenvalue weighted by molar-refractivity contribution is -0.123. The third-order valence-corrected chi connectivity index (χ3v) is 5.42. The fourth-order valence-electron chi connectivity index (χ4n) is 4.03.